The van der Waals surface area contributed by atoms with E-state index < -0.39 is 8.07 Å². The van der Waals surface area contributed by atoms with Crippen molar-refractivity contribution >= 4 is 26.8 Å². The number of rotatable bonds is 8. The van der Waals surface area contributed by atoms with Crippen molar-refractivity contribution in [1.29, 1.82) is 0 Å². The lowest BCUT2D eigenvalue weighted by Gasteiger charge is -2.40. The highest BCUT2D eigenvalue weighted by Gasteiger charge is 2.37. The van der Waals surface area contributed by atoms with Gasteiger partial charge in [0.2, 0.25) is 0 Å². The lowest BCUT2D eigenvalue weighted by molar-refractivity contribution is 0.635. The lowest BCUT2D eigenvalue weighted by Crippen LogP contribution is -2.27. The van der Waals surface area contributed by atoms with Crippen molar-refractivity contribution in [2.75, 3.05) is 12.7 Å². The van der Waals surface area contributed by atoms with Crippen molar-refractivity contribution in [2.45, 2.75) is 52.1 Å². The van der Waals surface area contributed by atoms with E-state index in [0.29, 0.717) is 5.66 Å². The average molecular weight is 448 g/mol. The van der Waals surface area contributed by atoms with Gasteiger partial charge in [0, 0.05) is 20.3 Å². The van der Waals surface area contributed by atoms with Gasteiger partial charge in [0.25, 0.3) is 0 Å². The Balaban J connectivity index is 1.77. The molecule has 1 unspecified atom stereocenters. The predicted molar refractivity (Wildman–Crippen MR) is 140 cm³/mol. The number of hydrogen-bond donors (Lipinski definition) is 0. The van der Waals surface area contributed by atoms with Crippen LogP contribution in [0.5, 0.6) is 0 Å². The van der Waals surface area contributed by atoms with E-state index in [1.807, 2.05) is 0 Å². The predicted octanol–water partition coefficient (Wildman–Crippen LogP) is 7.69. The monoisotopic (exact) mass is 447 g/mol. The van der Waals surface area contributed by atoms with E-state index >= 15 is 0 Å². The number of unbranched alkanes of at least 4 members (excludes halogenated alkanes) is 1. The van der Waals surface area contributed by atoms with Crippen LogP contribution in [0.1, 0.15) is 55.0 Å². The smallest absolute Gasteiger partial charge is 0.0318 e. The van der Waals surface area contributed by atoms with Crippen LogP contribution in [0.4, 0.5) is 0 Å². The molecule has 31 heavy (non-hydrogen) atoms. The minimum atomic E-state index is -0.517. The molecule has 0 amide bonds. The molecule has 2 atom stereocenters. The Labute approximate surface area is 191 Å². The quantitative estimate of drug-likeness (QED) is 0.320. The van der Waals surface area contributed by atoms with Crippen molar-refractivity contribution in [3.8, 4) is 0 Å². The molecule has 3 aromatic rings. The van der Waals surface area contributed by atoms with E-state index in [-0.39, 0.29) is 8.07 Å². The summed E-state index contributed by atoms with van der Waals surface area (Å²) >= 11 is 0. The van der Waals surface area contributed by atoms with Crippen LogP contribution in [0, 0.1) is 13.8 Å². The topological polar surface area (TPSA) is 3.24 Å². The van der Waals surface area contributed by atoms with Gasteiger partial charge in [-0.3, -0.25) is 4.44 Å². The molecule has 0 aliphatic carbocycles. The van der Waals surface area contributed by atoms with Gasteiger partial charge in [0.15, 0.2) is 0 Å². The first-order valence-corrected chi connectivity index (χ1v) is 14.5. The van der Waals surface area contributed by atoms with Crippen LogP contribution >= 0.6 is 16.1 Å². The third-order valence-electron chi connectivity index (χ3n) is 6.21. The van der Waals surface area contributed by atoms with Crippen LogP contribution in [0.2, 0.25) is 0 Å². The highest BCUT2D eigenvalue weighted by Crippen LogP contribution is 2.67. The highest BCUT2D eigenvalue weighted by molar-refractivity contribution is 7.79. The van der Waals surface area contributed by atoms with Gasteiger partial charge in [-0.25, -0.2) is 0 Å². The van der Waals surface area contributed by atoms with Gasteiger partial charge in [0.1, 0.15) is 0 Å². The molecule has 1 aliphatic rings. The molecule has 3 heteroatoms. The van der Waals surface area contributed by atoms with E-state index in [0.717, 1.165) is 0 Å². The van der Waals surface area contributed by atoms with Gasteiger partial charge in [-0.2, -0.15) is 0 Å². The summed E-state index contributed by atoms with van der Waals surface area (Å²) in [4.78, 5) is 0. The fourth-order valence-corrected chi connectivity index (χ4v) is 11.5. The van der Waals surface area contributed by atoms with E-state index in [2.05, 4.69) is 104 Å². The Bertz CT molecular complexity index is 892. The molecule has 1 heterocycles. The minimum Gasteiger partial charge on any atom is -0.252 e. The van der Waals surface area contributed by atoms with Crippen molar-refractivity contribution < 1.29 is 0 Å². The molecular formula is C28H35NP2. The van der Waals surface area contributed by atoms with E-state index in [9.17, 15) is 0 Å². The number of benzene rings is 3. The maximum Gasteiger partial charge on any atom is 0.0318 e. The Morgan fingerprint density at radius 2 is 1.42 bits per heavy atom. The zero-order chi connectivity index (χ0) is 21.6. The molecular weight excluding hydrogens is 412 g/mol. The molecule has 0 spiro atoms. The third kappa shape index (κ3) is 5.46. The molecule has 0 bridgehead atoms. The van der Waals surface area contributed by atoms with Gasteiger partial charge in [-0.1, -0.05) is 103 Å². The second-order valence-corrected chi connectivity index (χ2v) is 13.6. The molecule has 0 saturated carbocycles. The summed E-state index contributed by atoms with van der Waals surface area (Å²) in [6, 6.07) is 30.1. The van der Waals surface area contributed by atoms with Crippen molar-refractivity contribution in [3.05, 3.63) is 95.6 Å². The maximum absolute atomic E-state index is 2.98. The highest BCUT2D eigenvalue weighted by atomic mass is 31.2. The van der Waals surface area contributed by atoms with Gasteiger partial charge in [0.05, 0.1) is 0 Å². The molecule has 4 rings (SSSR count). The van der Waals surface area contributed by atoms with Gasteiger partial charge < -0.3 is 0 Å². The Morgan fingerprint density at radius 3 is 1.97 bits per heavy atom. The fraction of sp³-hybridized carbons (Fsp3) is 0.357. The summed E-state index contributed by atoms with van der Waals surface area (Å²) in [6.07, 6.45) is 6.59. The third-order valence-corrected chi connectivity index (χ3v) is 12.5. The molecule has 1 aliphatic heterocycles. The average Bonchev–Trinajstić information content (AvgIpc) is 3.29. The summed E-state index contributed by atoms with van der Waals surface area (Å²) in [5.41, 5.74) is 4.94. The standard InChI is InChI=1S/C28H35NP2/c1-4-5-21-29(30-22-9-12-28(30)25-10-7-6-8-11-25)31(26-17-13-23(2)14-18-26)27-19-15-24(3)16-20-27/h6-8,10-11,13-20,28H,4-5,9,12,21-22H2,1-3H3/t28-,30?/m0/s1. The van der Waals surface area contributed by atoms with E-state index in [1.54, 1.807) is 5.56 Å². The summed E-state index contributed by atoms with van der Waals surface area (Å²) < 4.78 is 2.98. The summed E-state index contributed by atoms with van der Waals surface area (Å²) in [7, 11) is -0.716. The fourth-order valence-electron chi connectivity index (χ4n) is 4.47. The zero-order valence-corrected chi connectivity index (χ0v) is 21.0. The molecule has 1 saturated heterocycles. The van der Waals surface area contributed by atoms with Crippen LogP contribution in [-0.2, 0) is 0 Å². The van der Waals surface area contributed by atoms with Crippen molar-refractivity contribution in [1.82, 2.24) is 4.44 Å². The largest absolute Gasteiger partial charge is 0.252 e. The number of nitrogens with zero attached hydrogens (tertiary/aromatic N) is 1. The van der Waals surface area contributed by atoms with Crippen molar-refractivity contribution in [2.24, 2.45) is 0 Å². The van der Waals surface area contributed by atoms with E-state index in [4.69, 9.17) is 0 Å². The normalized spacial score (nSPS) is 18.7. The first kappa shape index (κ1) is 22.7. The molecule has 0 aromatic heterocycles. The second-order valence-electron chi connectivity index (χ2n) is 8.66. The molecule has 0 N–H and O–H groups in total. The van der Waals surface area contributed by atoms with Gasteiger partial charge >= 0.3 is 0 Å². The summed E-state index contributed by atoms with van der Waals surface area (Å²) in [5, 5.41) is 3.00. The second kappa shape index (κ2) is 10.9. The van der Waals surface area contributed by atoms with E-state index in [1.165, 1.54) is 60.1 Å². The minimum absolute atomic E-state index is 0.200. The van der Waals surface area contributed by atoms with Crippen LogP contribution in [0.3, 0.4) is 0 Å². The van der Waals surface area contributed by atoms with Crippen LogP contribution in [-0.4, -0.2) is 17.1 Å². The Kier molecular flexibility index (Phi) is 7.95. The van der Waals surface area contributed by atoms with Crippen molar-refractivity contribution in [3.63, 3.8) is 0 Å². The van der Waals surface area contributed by atoms with Crippen LogP contribution in [0.15, 0.2) is 78.9 Å². The molecule has 1 fully saturated rings. The Morgan fingerprint density at radius 1 is 0.839 bits per heavy atom. The van der Waals surface area contributed by atoms with Gasteiger partial charge in [-0.05, 0) is 63.5 Å². The maximum atomic E-state index is 2.98. The van der Waals surface area contributed by atoms with Gasteiger partial charge in [-0.15, -0.1) is 0 Å². The summed E-state index contributed by atoms with van der Waals surface area (Å²) in [5.74, 6) is 0. The van der Waals surface area contributed by atoms with Crippen LogP contribution in [0.25, 0.3) is 0 Å². The zero-order valence-electron chi connectivity index (χ0n) is 19.2. The molecule has 162 valence electrons. The molecule has 0 radical (unpaired) electrons. The SMILES string of the molecule is CCCCN(P(c1ccc(C)cc1)c1ccc(C)cc1)P1CCC[C@H]1c1ccccc1. The Hall–Kier alpha value is -1.52. The molecule has 1 nitrogen and oxygen atoms in total. The summed E-state index contributed by atoms with van der Waals surface area (Å²) in [6.45, 7) is 7.92. The lowest BCUT2D eigenvalue weighted by atomic mass is 10.1. The van der Waals surface area contributed by atoms with Crippen LogP contribution < -0.4 is 10.6 Å². The molecule has 3 aromatic carbocycles. The number of hydrogen-bond acceptors (Lipinski definition) is 1. The number of aryl methyl sites for hydroxylation is 2. The first-order valence-electron chi connectivity index (χ1n) is 11.7. The first-order chi connectivity index (χ1) is 15.2.